The van der Waals surface area contributed by atoms with Crippen LogP contribution in [0.2, 0.25) is 0 Å². The molecule has 222 valence electrons. The molecule has 0 bridgehead atoms. The summed E-state index contributed by atoms with van der Waals surface area (Å²) in [5.74, 6) is 0. The molecule has 5 nitrogen and oxygen atoms in total. The lowest BCUT2D eigenvalue weighted by Gasteiger charge is -2.45. The summed E-state index contributed by atoms with van der Waals surface area (Å²) >= 11 is 0. The first-order valence-electron chi connectivity index (χ1n) is 16.2. The van der Waals surface area contributed by atoms with E-state index < -0.39 is 0 Å². The third-order valence-electron chi connectivity index (χ3n) is 7.68. The van der Waals surface area contributed by atoms with Gasteiger partial charge in [0.2, 0.25) is 0 Å². The molecule has 0 spiro atoms. The minimum Gasteiger partial charge on any atom is -0.379 e. The molecule has 0 aliphatic carbocycles. The van der Waals surface area contributed by atoms with E-state index in [9.17, 15) is 0 Å². The zero-order valence-electron chi connectivity index (χ0n) is 25.5. The second kappa shape index (κ2) is 24.8. The molecule has 37 heavy (non-hydrogen) atoms. The SMILES string of the molecule is CCCCCCCCCOC1C(C)OC(COCCCCCCC)C(OC)C1OCCCCCCCC. The minimum atomic E-state index is -0.171. The van der Waals surface area contributed by atoms with Crippen LogP contribution in [0.15, 0.2) is 0 Å². The highest BCUT2D eigenvalue weighted by molar-refractivity contribution is 4.94. The zero-order valence-corrected chi connectivity index (χ0v) is 25.5. The Labute approximate surface area is 231 Å². The van der Waals surface area contributed by atoms with Crippen molar-refractivity contribution in [2.45, 2.75) is 174 Å². The average Bonchev–Trinajstić information content (AvgIpc) is 2.90. The number of rotatable bonds is 26. The summed E-state index contributed by atoms with van der Waals surface area (Å²) in [7, 11) is 1.77. The Kier molecular flexibility index (Phi) is 23.4. The van der Waals surface area contributed by atoms with E-state index in [1.165, 1.54) is 96.3 Å². The average molecular weight is 529 g/mol. The van der Waals surface area contributed by atoms with Crippen molar-refractivity contribution in [2.24, 2.45) is 0 Å². The van der Waals surface area contributed by atoms with Crippen molar-refractivity contribution >= 4 is 0 Å². The normalized spacial score (nSPS) is 24.1. The van der Waals surface area contributed by atoms with Gasteiger partial charge in [0.15, 0.2) is 0 Å². The van der Waals surface area contributed by atoms with Crippen LogP contribution in [0, 0.1) is 0 Å². The van der Waals surface area contributed by atoms with Crippen LogP contribution in [0.1, 0.15) is 143 Å². The van der Waals surface area contributed by atoms with Crippen LogP contribution >= 0.6 is 0 Å². The molecule has 0 amide bonds. The maximum absolute atomic E-state index is 6.52. The smallest absolute Gasteiger partial charge is 0.115 e. The van der Waals surface area contributed by atoms with E-state index in [1.54, 1.807) is 7.11 Å². The van der Waals surface area contributed by atoms with Crippen LogP contribution in [0.3, 0.4) is 0 Å². The molecule has 0 saturated carbocycles. The first kappa shape index (κ1) is 34.8. The highest BCUT2D eigenvalue weighted by atomic mass is 16.6. The Bertz CT molecular complexity index is 472. The predicted octanol–water partition coefficient (Wildman–Crippen LogP) is 8.66. The largest absolute Gasteiger partial charge is 0.379 e. The van der Waals surface area contributed by atoms with Gasteiger partial charge in [0.05, 0.1) is 12.7 Å². The fraction of sp³-hybridized carbons (Fsp3) is 1.00. The molecule has 0 aromatic rings. The van der Waals surface area contributed by atoms with Crippen molar-refractivity contribution in [3.8, 4) is 0 Å². The topological polar surface area (TPSA) is 46.2 Å². The van der Waals surface area contributed by atoms with Gasteiger partial charge in [-0.2, -0.15) is 0 Å². The van der Waals surface area contributed by atoms with Crippen LogP contribution in [-0.4, -0.2) is 64.1 Å². The molecule has 0 aromatic carbocycles. The summed E-state index contributed by atoms with van der Waals surface area (Å²) in [6, 6.07) is 0. The van der Waals surface area contributed by atoms with Gasteiger partial charge in [-0.05, 0) is 26.2 Å². The van der Waals surface area contributed by atoms with Crippen molar-refractivity contribution in [3.05, 3.63) is 0 Å². The van der Waals surface area contributed by atoms with E-state index in [2.05, 4.69) is 27.7 Å². The molecule has 1 aliphatic rings. The standard InChI is InChI=1S/C32H64O5/c1-6-9-12-15-17-20-22-25-35-30-28(4)37-29(27-34-24-21-18-14-11-8-3)31(33-5)32(30)36-26-23-19-16-13-10-7-2/h28-32H,6-27H2,1-5H3. The van der Waals surface area contributed by atoms with E-state index in [4.69, 9.17) is 23.7 Å². The van der Waals surface area contributed by atoms with Crippen LogP contribution in [-0.2, 0) is 23.7 Å². The molecule has 5 atom stereocenters. The van der Waals surface area contributed by atoms with Crippen molar-refractivity contribution in [3.63, 3.8) is 0 Å². The van der Waals surface area contributed by atoms with Gasteiger partial charge in [0.1, 0.15) is 24.4 Å². The summed E-state index contributed by atoms with van der Waals surface area (Å²) in [4.78, 5) is 0. The Morgan fingerprint density at radius 3 is 1.43 bits per heavy atom. The lowest BCUT2D eigenvalue weighted by atomic mass is 9.95. The Morgan fingerprint density at radius 2 is 0.946 bits per heavy atom. The van der Waals surface area contributed by atoms with Crippen LogP contribution in [0.25, 0.3) is 0 Å². The molecule has 0 radical (unpaired) electrons. The van der Waals surface area contributed by atoms with Crippen molar-refractivity contribution in [2.75, 3.05) is 33.5 Å². The van der Waals surface area contributed by atoms with E-state index >= 15 is 0 Å². The van der Waals surface area contributed by atoms with E-state index in [0.717, 1.165) is 39.1 Å². The van der Waals surface area contributed by atoms with Crippen LogP contribution in [0.4, 0.5) is 0 Å². The molecule has 1 heterocycles. The second-order valence-corrected chi connectivity index (χ2v) is 11.1. The van der Waals surface area contributed by atoms with Crippen molar-refractivity contribution < 1.29 is 23.7 Å². The number of methoxy groups -OCH3 is 1. The Balaban J connectivity index is 2.56. The summed E-state index contributed by atoms with van der Waals surface area (Å²) in [5.41, 5.74) is 0. The quantitative estimate of drug-likeness (QED) is 0.105. The third-order valence-corrected chi connectivity index (χ3v) is 7.68. The first-order valence-corrected chi connectivity index (χ1v) is 16.2. The van der Waals surface area contributed by atoms with Gasteiger partial charge in [-0.3, -0.25) is 0 Å². The molecular weight excluding hydrogens is 464 g/mol. The predicted molar refractivity (Wildman–Crippen MR) is 156 cm³/mol. The molecule has 1 rings (SSSR count). The molecular formula is C32H64O5. The summed E-state index contributed by atoms with van der Waals surface area (Å²) in [6.45, 7) is 11.8. The fourth-order valence-corrected chi connectivity index (χ4v) is 5.32. The van der Waals surface area contributed by atoms with E-state index in [0.29, 0.717) is 6.61 Å². The van der Waals surface area contributed by atoms with Crippen LogP contribution < -0.4 is 0 Å². The van der Waals surface area contributed by atoms with Gasteiger partial charge in [0, 0.05) is 26.9 Å². The molecule has 5 heteroatoms. The highest BCUT2D eigenvalue weighted by Crippen LogP contribution is 2.29. The van der Waals surface area contributed by atoms with Gasteiger partial charge in [-0.25, -0.2) is 0 Å². The summed E-state index contributed by atoms with van der Waals surface area (Å²) in [5, 5.41) is 0. The molecule has 1 fully saturated rings. The number of ether oxygens (including phenoxy) is 5. The van der Waals surface area contributed by atoms with Gasteiger partial charge in [-0.15, -0.1) is 0 Å². The Hall–Kier alpha value is -0.200. The van der Waals surface area contributed by atoms with Gasteiger partial charge in [0.25, 0.3) is 0 Å². The Morgan fingerprint density at radius 1 is 0.514 bits per heavy atom. The molecule has 1 saturated heterocycles. The molecule has 0 N–H and O–H groups in total. The van der Waals surface area contributed by atoms with Gasteiger partial charge in [-0.1, -0.05) is 117 Å². The molecule has 5 unspecified atom stereocenters. The molecule has 1 aliphatic heterocycles. The van der Waals surface area contributed by atoms with Crippen molar-refractivity contribution in [1.29, 1.82) is 0 Å². The number of hydrogen-bond acceptors (Lipinski definition) is 5. The fourth-order valence-electron chi connectivity index (χ4n) is 5.32. The zero-order chi connectivity index (χ0) is 27.0. The van der Waals surface area contributed by atoms with E-state index in [-0.39, 0.29) is 30.5 Å². The van der Waals surface area contributed by atoms with Crippen molar-refractivity contribution in [1.82, 2.24) is 0 Å². The maximum atomic E-state index is 6.52. The van der Waals surface area contributed by atoms with Crippen LogP contribution in [0.5, 0.6) is 0 Å². The summed E-state index contributed by atoms with van der Waals surface area (Å²) < 4.78 is 31.4. The number of hydrogen-bond donors (Lipinski definition) is 0. The number of unbranched alkanes of at least 4 members (excludes halogenated alkanes) is 15. The summed E-state index contributed by atoms with van der Waals surface area (Å²) in [6.07, 6.45) is 22.2. The third kappa shape index (κ3) is 16.5. The second-order valence-electron chi connectivity index (χ2n) is 11.1. The lowest BCUT2D eigenvalue weighted by molar-refractivity contribution is -0.257. The maximum Gasteiger partial charge on any atom is 0.115 e. The highest BCUT2D eigenvalue weighted by Gasteiger charge is 2.46. The van der Waals surface area contributed by atoms with Gasteiger partial charge < -0.3 is 23.7 Å². The van der Waals surface area contributed by atoms with Gasteiger partial charge >= 0.3 is 0 Å². The minimum absolute atomic E-state index is 0.0383. The molecule has 0 aromatic heterocycles. The first-order chi connectivity index (χ1) is 18.2. The lowest BCUT2D eigenvalue weighted by Crippen LogP contribution is -2.60. The van der Waals surface area contributed by atoms with E-state index in [1.807, 2.05) is 0 Å². The monoisotopic (exact) mass is 528 g/mol.